The largest absolute Gasteiger partial charge is 0.400 e. The van der Waals surface area contributed by atoms with Crippen LogP contribution in [0.2, 0.25) is 0 Å². The first kappa shape index (κ1) is 112. The number of allylic oxidation sites excluding steroid dienone is 4. The van der Waals surface area contributed by atoms with Crippen molar-refractivity contribution in [3.05, 3.63) is 24.3 Å². The topological polar surface area (TPSA) is 373 Å². The van der Waals surface area contributed by atoms with Crippen LogP contribution in [0.4, 0.5) is 0 Å². The third-order valence-corrected chi connectivity index (χ3v) is 49.9. The van der Waals surface area contributed by atoms with Crippen LogP contribution in [0, 0.1) is 213 Å². The summed E-state index contributed by atoms with van der Waals surface area (Å²) in [5, 5.41) is 83.7. The number of hydrogen-bond acceptors (Lipinski definition) is 19. The molecule has 24 heteroatoms. The number of carbonyl (C=O) groups is 6. The number of aliphatic hydroxyl groups is 8. The Kier molecular flexibility index (Phi) is 32.0. The van der Waals surface area contributed by atoms with Gasteiger partial charge in [0.1, 0.15) is 34.7 Å². The Morgan fingerprint density at radius 1 is 0.350 bits per heavy atom. The van der Waals surface area contributed by atoms with Gasteiger partial charge < -0.3 is 55.1 Å². The van der Waals surface area contributed by atoms with Crippen molar-refractivity contribution in [1.82, 2.24) is 0 Å². The van der Waals surface area contributed by atoms with Gasteiger partial charge in [-0.2, -0.15) is 8.42 Å². The van der Waals surface area contributed by atoms with Gasteiger partial charge in [-0.15, -0.1) is 23.2 Å². The highest BCUT2D eigenvalue weighted by Gasteiger charge is 2.73. The van der Waals surface area contributed by atoms with Crippen LogP contribution < -0.4 is 0 Å². The minimum atomic E-state index is -4.67. The molecule has 0 spiro atoms. The summed E-state index contributed by atoms with van der Waals surface area (Å²) in [5.41, 5.74) is -0.161. The molecule has 26 aliphatic rings. The van der Waals surface area contributed by atoms with E-state index in [9.17, 15) is 64.5 Å². The van der Waals surface area contributed by atoms with Crippen LogP contribution >= 0.6 is 23.2 Å². The van der Waals surface area contributed by atoms with Crippen LogP contribution in [-0.2, 0) is 53.4 Å². The fourth-order valence-electron chi connectivity index (χ4n) is 43.1. The second-order valence-electron chi connectivity index (χ2n) is 55.6. The average molecular weight is 2060 g/mol. The molecule has 0 bridgehead atoms. The molecule has 2 heterocycles. The van der Waals surface area contributed by atoms with Gasteiger partial charge in [-0.05, 0) is 412 Å². The van der Waals surface area contributed by atoms with E-state index in [0.29, 0.717) is 227 Å². The molecule has 10 N–H and O–H groups in total. The molecule has 0 aromatic heterocycles. The van der Waals surface area contributed by atoms with Gasteiger partial charge >= 0.3 is 10.4 Å². The Morgan fingerprint density at radius 2 is 0.685 bits per heavy atom. The van der Waals surface area contributed by atoms with Crippen molar-refractivity contribution in [3.63, 3.8) is 0 Å². The lowest BCUT2D eigenvalue weighted by molar-refractivity contribution is -0.196. The molecule has 49 atom stereocenters. The maximum Gasteiger partial charge on any atom is 0.394 e. The average Bonchev–Trinajstić information content (AvgIpc) is 1.55. The predicted octanol–water partition coefficient (Wildman–Crippen LogP) is 21.1. The Bertz CT molecular complexity index is 4690. The Hall–Kier alpha value is -2.49. The molecular formula is C119H188Cl2O21S. The molecule has 21 nitrogen and oxygen atoms in total. The molecule has 0 aromatic rings. The van der Waals surface area contributed by atoms with E-state index in [1.807, 2.05) is 0 Å². The minimum Gasteiger partial charge on any atom is -0.400 e. The van der Waals surface area contributed by atoms with E-state index in [1.54, 1.807) is 7.11 Å². The number of alkyl halides is 2. The number of aliphatic hydroxyl groups excluding tert-OH is 8. The van der Waals surface area contributed by atoms with Gasteiger partial charge in [-0.3, -0.25) is 37.9 Å². The first-order valence-electron chi connectivity index (χ1n) is 57.3. The van der Waals surface area contributed by atoms with E-state index >= 15 is 0 Å². The van der Waals surface area contributed by atoms with Crippen LogP contribution in [0.1, 0.15) is 374 Å². The maximum atomic E-state index is 12.5. The first-order chi connectivity index (χ1) is 66.9. The highest BCUT2D eigenvalue weighted by molar-refractivity contribution is 7.79. The van der Waals surface area contributed by atoms with Gasteiger partial charge in [0, 0.05) is 85.2 Å². The van der Waals surface area contributed by atoms with Gasteiger partial charge in [0.15, 0.2) is 0 Å². The van der Waals surface area contributed by atoms with Crippen molar-refractivity contribution in [2.75, 3.05) is 19.6 Å². The molecule has 2 saturated heterocycles. The van der Waals surface area contributed by atoms with Crippen molar-refractivity contribution in [2.45, 2.75) is 447 Å². The molecule has 24 fully saturated rings. The van der Waals surface area contributed by atoms with Crippen molar-refractivity contribution in [1.29, 1.82) is 0 Å². The maximum absolute atomic E-state index is 12.5. The van der Waals surface area contributed by atoms with E-state index in [-0.39, 0.29) is 121 Å². The van der Waals surface area contributed by atoms with Gasteiger partial charge in [-0.1, -0.05) is 128 Å². The molecule has 810 valence electrons. The van der Waals surface area contributed by atoms with E-state index in [2.05, 4.69) is 114 Å². The highest BCUT2D eigenvalue weighted by atomic mass is 35.5. The zero-order valence-corrected chi connectivity index (χ0v) is 91.2. The Balaban J connectivity index is 0.000000115. The van der Waals surface area contributed by atoms with Gasteiger partial charge in [-0.25, -0.2) is 0 Å². The summed E-state index contributed by atoms with van der Waals surface area (Å²) >= 11 is 9.53. The molecule has 0 amide bonds. The van der Waals surface area contributed by atoms with Crippen molar-refractivity contribution in [2.24, 2.45) is 213 Å². The molecule has 2 aliphatic heterocycles. The SMILES string of the molecule is C.CO.CO[C@H]1C[C@@]2(C)[C@@H](CC[C@@H]3[C@@H]2[C@@H](O)C[C@]2(C)C(=O)CC[C@@H]32)C[C@@H]1O.C[C@@H]1CC[C@@]2(C)[C@@H](CC[C@@H]3[C@@H]2[C@@H](O)C[C@]2(C)C(=O)CC[C@@H]32)C1.C[C@]12CC=CC[C@@H]1CC[C@@H]1[C@@H]2[C@@H](O)C[C@]2(C)C(=O)CC[C@@H]12.C[C@]12CCC=C[C@@H]1CC[C@@H]1[C@@H]2[C@@H](O)C[C@]2(C)C(=O)CC[C@@H]12.C[C@]12CC[C@H]3O[C@H]3[C@@H]1CC[C@@H]1[C@@H]2[C@@H](O)C[C@]2(C)C(=O)CC[C@@H]12.C[C@]12C[C@H]3O[C@H]3C[C@@H]1CC[C@@H]1[C@@H]2[C@@H](O)C[C@]2(C)C(=O)CC[C@@H]12.ClCCl.O=S(=O)(O)O. The van der Waals surface area contributed by atoms with Gasteiger partial charge in [0.05, 0.1) is 78.6 Å². The number of epoxide rings is 2. The van der Waals surface area contributed by atoms with Crippen LogP contribution in [0.3, 0.4) is 0 Å². The van der Waals surface area contributed by atoms with Crippen LogP contribution in [-0.4, -0.2) is 186 Å². The summed E-state index contributed by atoms with van der Waals surface area (Å²) in [7, 11) is -1.98. The first-order valence-corrected chi connectivity index (χ1v) is 59.7. The molecule has 0 unspecified atom stereocenters. The van der Waals surface area contributed by atoms with Crippen LogP contribution in [0.5, 0.6) is 0 Å². The monoisotopic (exact) mass is 2060 g/mol. The molecule has 0 aromatic carbocycles. The number of rotatable bonds is 1. The zero-order chi connectivity index (χ0) is 102. The molecule has 24 aliphatic carbocycles. The summed E-state index contributed by atoms with van der Waals surface area (Å²) in [6.07, 6.45) is 53.7. The number of Topliss-reactive ketones (excluding diaryl/α,β-unsaturated/α-hetero) is 6. The minimum absolute atomic E-state index is 0. The second kappa shape index (κ2) is 41.0. The molecule has 143 heavy (non-hydrogen) atoms. The number of carbonyl (C=O) groups excluding carboxylic acids is 6. The van der Waals surface area contributed by atoms with Gasteiger partial charge in [0.2, 0.25) is 0 Å². The lowest BCUT2D eigenvalue weighted by Crippen LogP contribution is -2.61. The fraction of sp³-hybridized carbons (Fsp3) is 0.916. The molecule has 26 rings (SSSR count). The van der Waals surface area contributed by atoms with Crippen LogP contribution in [0.15, 0.2) is 24.3 Å². The summed E-state index contributed by atoms with van der Waals surface area (Å²) < 4.78 is 48.9. The normalized spacial score (nSPS) is 54.7. The lowest BCUT2D eigenvalue weighted by Gasteiger charge is -2.62. The summed E-state index contributed by atoms with van der Waals surface area (Å²) in [5.74, 6) is 15.9. The van der Waals surface area contributed by atoms with Crippen molar-refractivity contribution < 1.29 is 101 Å². The van der Waals surface area contributed by atoms with E-state index in [0.717, 1.165) is 147 Å². The highest BCUT2D eigenvalue weighted by Crippen LogP contribution is 2.75. The van der Waals surface area contributed by atoms with E-state index < -0.39 is 16.5 Å². The third kappa shape index (κ3) is 18.7. The Morgan fingerprint density at radius 3 is 1.09 bits per heavy atom. The van der Waals surface area contributed by atoms with Crippen molar-refractivity contribution in [3.8, 4) is 0 Å². The molecule has 22 saturated carbocycles. The molecule has 0 radical (unpaired) electrons. The summed E-state index contributed by atoms with van der Waals surface area (Å²) in [6.45, 7) is 29.7. The Labute approximate surface area is 867 Å². The van der Waals surface area contributed by atoms with E-state index in [1.165, 1.54) is 116 Å². The second-order valence-corrected chi connectivity index (χ2v) is 57.3. The van der Waals surface area contributed by atoms with E-state index in [4.69, 9.17) is 60.0 Å². The smallest absolute Gasteiger partial charge is 0.394 e. The predicted molar refractivity (Wildman–Crippen MR) is 553 cm³/mol. The molecular weight excluding hydrogens is 1870 g/mol. The number of methoxy groups -OCH3 is 1. The van der Waals surface area contributed by atoms with Crippen LogP contribution in [0.25, 0.3) is 0 Å². The lowest BCUT2D eigenvalue weighted by atomic mass is 9.44. The number of ketones is 6. The quantitative estimate of drug-likeness (QED) is 0.0504. The standard InChI is InChI=1S/C20H32O4.C20H32O2.2C19H28O3.2C19H28O2.CH2Cl2.CH4O.CH4.H2O4S/c1-19-10-16(24-3)14(21)8-11(19)4-5-12-13-6-7-17(23)20(13,2)9-15(22)18(12)19;1-12-8-9-19(2)13(10-12)4-5-14-15-6-7-17(22)20(15,3)11-16(21)18(14)19;1-18-9-15-14(22-15)7-10(18)3-4-11-12-5-6-16(21)19(12,2)8-13(20)17(11)18;1-18-8-7-14-17(22-14)12(18)4-3-10-11-5-6-15(21)19(11,2)9-13(20)16(10)18;2*1-18-10-4-3-5-12(18)6-7-13-14-8-9-16(21)19(14,2)11-15(20)17(13)18;2-1-3;1-2;;1-5(2,3)4/h11-16,18,21-22H,4-10H2,1-3H3;12-16,18,21H,4-11H2,1-3H3;10-15,17,20H,3-9H2,1-2H3;10-14,16-17,20H,3-9H2,1-2H3;3,5,12-15,17,20H,4,6-11H2,1-2H3;3-4,12-15,17,20H,5-11H2,1-2H3;1H2;2H,1H3;1H4;(H2,1,2,3,4)/t11-,12-,13-,14-,15-,16-,18+,19-,20-;12-,13+,14+,15+,16+,18-,19+,20+;10-,11-,12-,13-,14-,15+,17+,18-,19-;10-,11-,12-,13-,14+,16+,17-,18-,19-;2*12-,13+,14+,15+,17-,18+,19+;;;;/m010011..../s1. The fourth-order valence-corrected chi connectivity index (χ4v) is 43.1. The number of halogens is 2. The zero-order valence-electron chi connectivity index (χ0n) is 88.9. The summed E-state index contributed by atoms with van der Waals surface area (Å²) in [6, 6.07) is 0. The third-order valence-electron chi connectivity index (χ3n) is 49.9. The summed E-state index contributed by atoms with van der Waals surface area (Å²) in [4.78, 5) is 74.6. The number of ether oxygens (including phenoxy) is 3. The number of fused-ring (bicyclic) bond motifs is 33. The van der Waals surface area contributed by atoms with Crippen molar-refractivity contribution >= 4 is 68.3 Å². The number of hydrogen-bond donors (Lipinski definition) is 10. The van der Waals surface area contributed by atoms with Gasteiger partial charge in [0.25, 0.3) is 0 Å².